The fraction of sp³-hybridized carbons (Fsp3) is 0.375. The number of H-pyrrole nitrogens is 1. The van der Waals surface area contributed by atoms with E-state index in [9.17, 15) is 9.18 Å². The van der Waals surface area contributed by atoms with Crippen LogP contribution in [0.2, 0.25) is 5.02 Å². The Balaban J connectivity index is 1.22. The van der Waals surface area contributed by atoms with Crippen molar-refractivity contribution < 1.29 is 9.18 Å². The summed E-state index contributed by atoms with van der Waals surface area (Å²) in [6, 6.07) is 8.56. The van der Waals surface area contributed by atoms with Gasteiger partial charge < -0.3 is 10.2 Å². The minimum absolute atomic E-state index is 0.0159. The number of nitrogens with zero attached hydrogens (tertiary/aromatic N) is 4. The number of hydrogen-bond acceptors (Lipinski definition) is 4. The van der Waals surface area contributed by atoms with Gasteiger partial charge in [-0.3, -0.25) is 15.0 Å². The van der Waals surface area contributed by atoms with Gasteiger partial charge in [-0.05, 0) is 43.7 Å². The van der Waals surface area contributed by atoms with Crippen LogP contribution in [-0.2, 0) is 19.5 Å². The molecule has 1 unspecified atom stereocenters. The number of aromatic amines is 1. The molecule has 172 valence electrons. The molecule has 1 saturated heterocycles. The van der Waals surface area contributed by atoms with Gasteiger partial charge in [-0.25, -0.2) is 9.18 Å². The van der Waals surface area contributed by atoms with Crippen molar-refractivity contribution in [1.29, 1.82) is 0 Å². The number of nitrogens with one attached hydrogen (secondary N) is 2. The van der Waals surface area contributed by atoms with Gasteiger partial charge in [0, 0.05) is 71.9 Å². The maximum absolute atomic E-state index is 14.2. The molecule has 1 aromatic carbocycles. The summed E-state index contributed by atoms with van der Waals surface area (Å²) in [5.74, 6) is -0.289. The number of aromatic nitrogens is 3. The van der Waals surface area contributed by atoms with Crippen LogP contribution in [0.1, 0.15) is 29.7 Å². The predicted octanol–water partition coefficient (Wildman–Crippen LogP) is 4.00. The zero-order valence-corrected chi connectivity index (χ0v) is 19.0. The van der Waals surface area contributed by atoms with Gasteiger partial charge in [0.1, 0.15) is 5.82 Å². The molecule has 2 aliphatic rings. The van der Waals surface area contributed by atoms with Crippen LogP contribution in [0.4, 0.5) is 9.18 Å². The molecule has 2 aromatic heterocycles. The summed E-state index contributed by atoms with van der Waals surface area (Å²) in [5.41, 5.74) is 4.51. The van der Waals surface area contributed by atoms with Crippen molar-refractivity contribution >= 4 is 17.6 Å². The summed E-state index contributed by atoms with van der Waals surface area (Å²) in [6.07, 6.45) is 6.07. The SMILES string of the molecule is O=C(NC1CCCN(Cc2c(F)cccc2Cl)C1)N1CCc2[nH]nc(-c3ccncc3)c2C1. The molecule has 0 saturated carbocycles. The van der Waals surface area contributed by atoms with E-state index in [1.165, 1.54) is 6.07 Å². The lowest BCUT2D eigenvalue weighted by Crippen LogP contribution is -2.52. The van der Waals surface area contributed by atoms with Crippen molar-refractivity contribution in [3.8, 4) is 11.3 Å². The molecule has 0 bridgehead atoms. The third-order valence-corrected chi connectivity index (χ3v) is 6.81. The maximum atomic E-state index is 14.2. The van der Waals surface area contributed by atoms with E-state index >= 15 is 0 Å². The number of carbonyl (C=O) groups is 1. The van der Waals surface area contributed by atoms with Crippen molar-refractivity contribution in [2.75, 3.05) is 19.6 Å². The van der Waals surface area contributed by atoms with E-state index in [2.05, 4.69) is 25.4 Å². The second-order valence-corrected chi connectivity index (χ2v) is 9.07. The normalized spacial score (nSPS) is 18.7. The first-order chi connectivity index (χ1) is 16.1. The van der Waals surface area contributed by atoms with E-state index < -0.39 is 0 Å². The van der Waals surface area contributed by atoms with Gasteiger partial charge in [0.2, 0.25) is 0 Å². The molecule has 9 heteroatoms. The fourth-order valence-corrected chi connectivity index (χ4v) is 4.93. The fourth-order valence-electron chi connectivity index (χ4n) is 4.71. The summed E-state index contributed by atoms with van der Waals surface area (Å²) < 4.78 is 14.2. The smallest absolute Gasteiger partial charge is 0.317 e. The highest BCUT2D eigenvalue weighted by Gasteiger charge is 2.28. The van der Waals surface area contributed by atoms with Crippen molar-refractivity contribution in [2.45, 2.75) is 38.4 Å². The molecule has 1 fully saturated rings. The van der Waals surface area contributed by atoms with Crippen molar-refractivity contribution in [1.82, 2.24) is 30.3 Å². The van der Waals surface area contributed by atoms with E-state index in [0.717, 1.165) is 48.3 Å². The quantitative estimate of drug-likeness (QED) is 0.606. The minimum atomic E-state index is -0.289. The summed E-state index contributed by atoms with van der Waals surface area (Å²) in [6.45, 7) is 3.11. The van der Waals surface area contributed by atoms with Gasteiger partial charge in [0.05, 0.1) is 12.2 Å². The number of fused-ring (bicyclic) bond motifs is 1. The van der Waals surface area contributed by atoms with Gasteiger partial charge >= 0.3 is 6.03 Å². The van der Waals surface area contributed by atoms with Crippen LogP contribution in [0.5, 0.6) is 0 Å². The van der Waals surface area contributed by atoms with Crippen LogP contribution in [0.3, 0.4) is 0 Å². The molecule has 2 aliphatic heterocycles. The molecule has 4 heterocycles. The van der Waals surface area contributed by atoms with Gasteiger partial charge in [-0.1, -0.05) is 17.7 Å². The van der Waals surface area contributed by atoms with Crippen molar-refractivity contribution in [3.05, 3.63) is 70.4 Å². The minimum Gasteiger partial charge on any atom is -0.334 e. The molecule has 0 spiro atoms. The average molecular weight is 469 g/mol. The summed E-state index contributed by atoms with van der Waals surface area (Å²) in [5, 5.41) is 11.2. The van der Waals surface area contributed by atoms with Crippen LogP contribution < -0.4 is 5.32 Å². The first-order valence-corrected chi connectivity index (χ1v) is 11.6. The second-order valence-electron chi connectivity index (χ2n) is 8.66. The number of amides is 2. The molecule has 0 aliphatic carbocycles. The van der Waals surface area contributed by atoms with Gasteiger partial charge in [-0.2, -0.15) is 5.10 Å². The molecule has 7 nitrogen and oxygen atoms in total. The summed E-state index contributed by atoms with van der Waals surface area (Å²) in [7, 11) is 0. The van der Waals surface area contributed by atoms with Crippen LogP contribution in [0.15, 0.2) is 42.7 Å². The van der Waals surface area contributed by atoms with Crippen LogP contribution in [-0.4, -0.2) is 56.7 Å². The second kappa shape index (κ2) is 9.49. The Bertz CT molecular complexity index is 1120. The molecule has 0 radical (unpaired) electrons. The lowest BCUT2D eigenvalue weighted by Gasteiger charge is -2.35. The number of carbonyl (C=O) groups excluding carboxylic acids is 1. The van der Waals surface area contributed by atoms with Crippen molar-refractivity contribution in [3.63, 3.8) is 0 Å². The zero-order chi connectivity index (χ0) is 22.8. The zero-order valence-electron chi connectivity index (χ0n) is 18.2. The Morgan fingerprint density at radius 3 is 2.91 bits per heavy atom. The molecule has 1 atom stereocenters. The van der Waals surface area contributed by atoms with Gasteiger partial charge in [0.25, 0.3) is 0 Å². The van der Waals surface area contributed by atoms with Crippen LogP contribution in [0.25, 0.3) is 11.3 Å². The largest absolute Gasteiger partial charge is 0.334 e. The number of piperidine rings is 1. The first kappa shape index (κ1) is 21.9. The van der Waals surface area contributed by atoms with Crippen LogP contribution in [0, 0.1) is 5.82 Å². The van der Waals surface area contributed by atoms with E-state index in [1.807, 2.05) is 17.0 Å². The molecule has 2 amide bonds. The van der Waals surface area contributed by atoms with E-state index in [1.54, 1.807) is 24.5 Å². The average Bonchev–Trinajstić information content (AvgIpc) is 3.26. The Morgan fingerprint density at radius 1 is 1.24 bits per heavy atom. The highest BCUT2D eigenvalue weighted by molar-refractivity contribution is 6.31. The molecule has 5 rings (SSSR count). The predicted molar refractivity (Wildman–Crippen MR) is 124 cm³/mol. The molecule has 33 heavy (non-hydrogen) atoms. The number of pyridine rings is 1. The number of hydrogen-bond donors (Lipinski definition) is 2. The highest BCUT2D eigenvalue weighted by atomic mass is 35.5. The van der Waals surface area contributed by atoms with E-state index in [-0.39, 0.29) is 17.9 Å². The number of rotatable bonds is 4. The number of halogens is 2. The number of benzene rings is 1. The maximum Gasteiger partial charge on any atom is 0.317 e. The Kier molecular flexibility index (Phi) is 6.28. The van der Waals surface area contributed by atoms with Crippen LogP contribution >= 0.6 is 11.6 Å². The Morgan fingerprint density at radius 2 is 2.09 bits per heavy atom. The Labute approximate surface area is 197 Å². The first-order valence-electron chi connectivity index (χ1n) is 11.3. The summed E-state index contributed by atoms with van der Waals surface area (Å²) >= 11 is 6.21. The lowest BCUT2D eigenvalue weighted by molar-refractivity contribution is 0.159. The third-order valence-electron chi connectivity index (χ3n) is 6.45. The van der Waals surface area contributed by atoms with Crippen molar-refractivity contribution in [2.24, 2.45) is 0 Å². The number of urea groups is 1. The molecule has 3 aromatic rings. The monoisotopic (exact) mass is 468 g/mol. The van der Waals surface area contributed by atoms with E-state index in [0.29, 0.717) is 36.8 Å². The standard InChI is InChI=1S/C24H26ClFN6O/c25-20-4-1-5-21(26)18(20)14-31-11-2-3-17(13-31)28-24(33)32-12-8-22-19(15-32)23(30-29-22)16-6-9-27-10-7-16/h1,4-7,9-10,17H,2-3,8,11-15H2,(H,28,33)(H,29,30). The van der Waals surface area contributed by atoms with E-state index in [4.69, 9.17) is 11.6 Å². The summed E-state index contributed by atoms with van der Waals surface area (Å²) in [4.78, 5) is 21.2. The Hall–Kier alpha value is -2.97. The lowest BCUT2D eigenvalue weighted by atomic mass is 10.0. The third kappa shape index (κ3) is 4.72. The molecular weight excluding hydrogens is 443 g/mol. The topological polar surface area (TPSA) is 77.2 Å². The molecular formula is C24H26ClFN6O. The van der Waals surface area contributed by atoms with Gasteiger partial charge in [-0.15, -0.1) is 0 Å². The molecule has 2 N–H and O–H groups in total. The highest BCUT2D eigenvalue weighted by Crippen LogP contribution is 2.28. The van der Waals surface area contributed by atoms with Gasteiger partial charge in [0.15, 0.2) is 0 Å². The number of likely N-dealkylation sites (tertiary alicyclic amines) is 1.